The highest BCUT2D eigenvalue weighted by Gasteiger charge is 2.44. The lowest BCUT2D eigenvalue weighted by molar-refractivity contribution is -0.277. The van der Waals surface area contributed by atoms with Crippen molar-refractivity contribution < 1.29 is 50.0 Å². The Bertz CT molecular complexity index is 912. The van der Waals surface area contributed by atoms with E-state index in [0.717, 1.165) is 6.07 Å². The molecule has 2 aromatic carbocycles. The quantitative estimate of drug-likeness (QED) is 0.323. The summed E-state index contributed by atoms with van der Waals surface area (Å²) >= 11 is 0. The van der Waals surface area contributed by atoms with E-state index in [4.69, 9.17) is 9.47 Å². The topological polar surface area (TPSA) is 177 Å². The van der Waals surface area contributed by atoms with E-state index in [0.29, 0.717) is 5.56 Å². The molecule has 0 bridgehead atoms. The zero-order valence-electron chi connectivity index (χ0n) is 15.6. The average Bonchev–Trinajstić information content (AvgIpc) is 2.71. The highest BCUT2D eigenvalue weighted by molar-refractivity contribution is 5.94. The van der Waals surface area contributed by atoms with Crippen molar-refractivity contribution in [3.63, 3.8) is 0 Å². The van der Waals surface area contributed by atoms with Gasteiger partial charge in [-0.1, -0.05) is 24.3 Å². The minimum atomic E-state index is -1.60. The maximum Gasteiger partial charge on any atom is 0.343 e. The Morgan fingerprint density at radius 3 is 2.33 bits per heavy atom. The van der Waals surface area contributed by atoms with Gasteiger partial charge in [0.2, 0.25) is 6.29 Å². The van der Waals surface area contributed by atoms with Gasteiger partial charge in [0, 0.05) is 6.42 Å². The van der Waals surface area contributed by atoms with Crippen molar-refractivity contribution in [2.24, 2.45) is 0 Å². The molecule has 1 aliphatic heterocycles. The van der Waals surface area contributed by atoms with Crippen LogP contribution in [-0.2, 0) is 11.2 Å². The van der Waals surface area contributed by atoms with Crippen LogP contribution in [-0.4, -0.2) is 79.0 Å². The van der Waals surface area contributed by atoms with E-state index in [1.165, 1.54) is 12.1 Å². The number of rotatable bonds is 6. The molecule has 30 heavy (non-hydrogen) atoms. The van der Waals surface area contributed by atoms with Crippen molar-refractivity contribution >= 4 is 5.97 Å². The standard InChI is InChI=1S/C20H22O10/c21-8-13-16(24)17(25)18(26)20(30-13)29-12-4-2-1-3-9(12)7-10-5-6-11(22)14(15(10)23)19(27)28/h1-6,13,16-18,20-26H,7-8H2,(H,27,28). The van der Waals surface area contributed by atoms with Crippen LogP contribution < -0.4 is 4.74 Å². The number of aliphatic hydroxyl groups is 4. The monoisotopic (exact) mass is 422 g/mol. The Balaban J connectivity index is 1.87. The first kappa shape index (κ1) is 21.8. The highest BCUT2D eigenvalue weighted by Crippen LogP contribution is 2.34. The van der Waals surface area contributed by atoms with Gasteiger partial charge in [-0.25, -0.2) is 4.79 Å². The smallest absolute Gasteiger partial charge is 0.343 e. The Hall–Kier alpha value is -2.89. The second-order valence-electron chi connectivity index (χ2n) is 6.87. The van der Waals surface area contributed by atoms with Crippen LogP contribution in [0.5, 0.6) is 17.2 Å². The fourth-order valence-corrected chi connectivity index (χ4v) is 3.24. The molecule has 1 fully saturated rings. The van der Waals surface area contributed by atoms with E-state index in [2.05, 4.69) is 0 Å². The van der Waals surface area contributed by atoms with Crippen LogP contribution in [0, 0.1) is 0 Å². The average molecular weight is 422 g/mol. The van der Waals surface area contributed by atoms with E-state index in [1.807, 2.05) is 0 Å². The van der Waals surface area contributed by atoms with E-state index in [9.17, 15) is 40.5 Å². The molecule has 0 spiro atoms. The van der Waals surface area contributed by atoms with Gasteiger partial charge in [0.1, 0.15) is 47.2 Å². The molecule has 1 aliphatic rings. The molecule has 2 aromatic rings. The molecule has 5 atom stereocenters. The van der Waals surface area contributed by atoms with Gasteiger partial charge in [0.05, 0.1) is 6.61 Å². The fraction of sp³-hybridized carbons (Fsp3) is 0.350. The summed E-state index contributed by atoms with van der Waals surface area (Å²) in [4.78, 5) is 11.3. The number of ether oxygens (including phenoxy) is 2. The van der Waals surface area contributed by atoms with Gasteiger partial charge in [-0.3, -0.25) is 0 Å². The number of carbonyl (C=O) groups is 1. The van der Waals surface area contributed by atoms with Crippen LogP contribution in [0.1, 0.15) is 21.5 Å². The molecule has 5 unspecified atom stereocenters. The van der Waals surface area contributed by atoms with Crippen LogP contribution in [0.25, 0.3) is 0 Å². The third-order valence-electron chi connectivity index (χ3n) is 4.90. The highest BCUT2D eigenvalue weighted by atomic mass is 16.7. The molecule has 3 rings (SSSR count). The zero-order valence-corrected chi connectivity index (χ0v) is 15.6. The lowest BCUT2D eigenvalue weighted by atomic mass is 9.98. The van der Waals surface area contributed by atoms with Crippen LogP contribution in [0.3, 0.4) is 0 Å². The van der Waals surface area contributed by atoms with E-state index in [-0.39, 0.29) is 17.7 Å². The summed E-state index contributed by atoms with van der Waals surface area (Å²) in [6, 6.07) is 8.98. The maximum absolute atomic E-state index is 11.3. The first-order chi connectivity index (χ1) is 14.2. The van der Waals surface area contributed by atoms with Crippen molar-refractivity contribution in [1.29, 1.82) is 0 Å². The van der Waals surface area contributed by atoms with Crippen LogP contribution >= 0.6 is 0 Å². The molecule has 0 radical (unpaired) electrons. The van der Waals surface area contributed by atoms with Gasteiger partial charge in [0.15, 0.2) is 0 Å². The van der Waals surface area contributed by atoms with Crippen molar-refractivity contribution in [2.75, 3.05) is 6.61 Å². The molecule has 0 amide bonds. The number of aliphatic hydroxyl groups excluding tert-OH is 4. The summed E-state index contributed by atoms with van der Waals surface area (Å²) in [7, 11) is 0. The van der Waals surface area contributed by atoms with Crippen LogP contribution in [0.15, 0.2) is 36.4 Å². The summed E-state index contributed by atoms with van der Waals surface area (Å²) < 4.78 is 11.0. The molecule has 10 nitrogen and oxygen atoms in total. The number of carboxylic acids is 1. The molecule has 162 valence electrons. The second-order valence-corrected chi connectivity index (χ2v) is 6.87. The molecule has 1 saturated heterocycles. The number of hydrogen-bond acceptors (Lipinski definition) is 9. The van der Waals surface area contributed by atoms with E-state index < -0.39 is 60.3 Å². The predicted octanol–water partition coefficient (Wildman–Crippen LogP) is -0.435. The molecule has 7 N–H and O–H groups in total. The number of hydrogen-bond donors (Lipinski definition) is 7. The molecular formula is C20H22O10. The number of aromatic hydroxyl groups is 2. The Morgan fingerprint density at radius 1 is 0.967 bits per heavy atom. The molecule has 10 heteroatoms. The van der Waals surface area contributed by atoms with E-state index >= 15 is 0 Å². The third-order valence-corrected chi connectivity index (χ3v) is 4.90. The summed E-state index contributed by atoms with van der Waals surface area (Å²) in [5.41, 5.74) is 0.0571. The predicted molar refractivity (Wildman–Crippen MR) is 100 cm³/mol. The number of carboxylic acid groups (broad SMARTS) is 1. The first-order valence-corrected chi connectivity index (χ1v) is 9.06. The maximum atomic E-state index is 11.3. The SMILES string of the molecule is O=C(O)c1c(O)ccc(Cc2ccccc2OC2OC(CO)C(O)C(O)C2O)c1O. The number of benzene rings is 2. The lowest BCUT2D eigenvalue weighted by Crippen LogP contribution is -2.60. The Morgan fingerprint density at radius 2 is 1.67 bits per heavy atom. The lowest BCUT2D eigenvalue weighted by Gasteiger charge is -2.39. The van der Waals surface area contributed by atoms with Gasteiger partial charge in [-0.2, -0.15) is 0 Å². The number of phenols is 2. The van der Waals surface area contributed by atoms with Crippen molar-refractivity contribution in [3.05, 3.63) is 53.1 Å². The van der Waals surface area contributed by atoms with Gasteiger partial charge in [0.25, 0.3) is 0 Å². The van der Waals surface area contributed by atoms with Crippen molar-refractivity contribution in [1.82, 2.24) is 0 Å². The van der Waals surface area contributed by atoms with Crippen LogP contribution in [0.4, 0.5) is 0 Å². The van der Waals surface area contributed by atoms with Gasteiger partial charge in [-0.05, 0) is 23.3 Å². The summed E-state index contributed by atoms with van der Waals surface area (Å²) in [5, 5.41) is 68.3. The molecule has 1 heterocycles. The summed E-state index contributed by atoms with van der Waals surface area (Å²) in [6.45, 7) is -0.605. The second kappa shape index (κ2) is 8.86. The summed E-state index contributed by atoms with van der Waals surface area (Å²) in [6.07, 6.45) is -7.25. The minimum absolute atomic E-state index is 0.0139. The van der Waals surface area contributed by atoms with E-state index in [1.54, 1.807) is 18.2 Å². The van der Waals surface area contributed by atoms with Crippen molar-refractivity contribution in [2.45, 2.75) is 37.1 Å². The Kier molecular flexibility index (Phi) is 6.44. The number of aromatic carboxylic acids is 1. The van der Waals surface area contributed by atoms with Crippen LogP contribution in [0.2, 0.25) is 0 Å². The third kappa shape index (κ3) is 4.18. The summed E-state index contributed by atoms with van der Waals surface area (Å²) in [5.74, 6) is -2.45. The molecular weight excluding hydrogens is 400 g/mol. The number of para-hydroxylation sites is 1. The van der Waals surface area contributed by atoms with Gasteiger partial charge in [-0.15, -0.1) is 0 Å². The normalized spacial score (nSPS) is 26.3. The minimum Gasteiger partial charge on any atom is -0.507 e. The van der Waals surface area contributed by atoms with Gasteiger partial charge >= 0.3 is 5.97 Å². The first-order valence-electron chi connectivity index (χ1n) is 9.06. The van der Waals surface area contributed by atoms with Crippen molar-refractivity contribution in [3.8, 4) is 17.2 Å². The Labute approximate surface area is 170 Å². The fourth-order valence-electron chi connectivity index (χ4n) is 3.24. The molecule has 0 saturated carbocycles. The van der Waals surface area contributed by atoms with Gasteiger partial charge < -0.3 is 45.2 Å². The largest absolute Gasteiger partial charge is 0.507 e. The molecule has 0 aliphatic carbocycles. The zero-order chi connectivity index (χ0) is 22.0. The molecule has 0 aromatic heterocycles.